The Kier molecular flexibility index (Phi) is 9.06. The molecule has 230 valence electrons. The van der Waals surface area contributed by atoms with Gasteiger partial charge in [0.05, 0.1) is 19.0 Å². The molecular formula is C34H43N3O6. The number of hydrogen-bond acceptors (Lipinski definition) is 9. The molecule has 2 aliphatic heterocycles. The van der Waals surface area contributed by atoms with Gasteiger partial charge in [-0.05, 0) is 62.3 Å². The Balaban J connectivity index is 1.41. The first-order chi connectivity index (χ1) is 20.7. The van der Waals surface area contributed by atoms with Crippen molar-refractivity contribution >= 4 is 17.5 Å². The fourth-order valence-corrected chi connectivity index (χ4v) is 6.71. The topological polar surface area (TPSA) is 143 Å². The van der Waals surface area contributed by atoms with Gasteiger partial charge in [0.25, 0.3) is 5.60 Å². The van der Waals surface area contributed by atoms with Crippen molar-refractivity contribution in [2.45, 2.75) is 70.1 Å². The number of carbonyl (C=O) groups is 3. The van der Waals surface area contributed by atoms with E-state index < -0.39 is 28.7 Å². The van der Waals surface area contributed by atoms with E-state index in [-0.39, 0.29) is 42.7 Å². The average Bonchev–Trinajstić information content (AvgIpc) is 3.72. The summed E-state index contributed by atoms with van der Waals surface area (Å²) < 4.78 is 12.0. The standard InChI is InChI=1S/C34H43N3O6/c1-4-22-12-13-28(36-5-2)24(16-22)20-42-32(41)34-31(40)27-9-7-6-8-26(27)30(39)33(34,43-34)18-25(19-38)21(3)10-11-23-14-15-37-29(35)17-23/h6-9,12-14,17,22,24,28,36-38H,4-5,10-11,15-16,18-20,35H2,1-3H3. The molecule has 0 radical (unpaired) electrons. The van der Waals surface area contributed by atoms with Crippen LogP contribution in [0.25, 0.3) is 0 Å². The maximum atomic E-state index is 14.0. The molecule has 9 heteroatoms. The van der Waals surface area contributed by atoms with Gasteiger partial charge in [-0.2, -0.15) is 0 Å². The third kappa shape index (κ3) is 5.61. The van der Waals surface area contributed by atoms with Gasteiger partial charge in [-0.15, -0.1) is 0 Å². The highest BCUT2D eigenvalue weighted by Crippen LogP contribution is 2.59. The van der Waals surface area contributed by atoms with Crippen LogP contribution in [0.2, 0.25) is 0 Å². The molecule has 0 amide bonds. The Morgan fingerprint density at radius 1 is 1.19 bits per heavy atom. The van der Waals surface area contributed by atoms with Crippen molar-refractivity contribution in [2.24, 2.45) is 17.6 Å². The molecule has 2 aliphatic carbocycles. The minimum absolute atomic E-state index is 0.0209. The van der Waals surface area contributed by atoms with Gasteiger partial charge in [0.15, 0.2) is 11.4 Å². The summed E-state index contributed by atoms with van der Waals surface area (Å²) in [7, 11) is 0. The summed E-state index contributed by atoms with van der Waals surface area (Å²) in [5, 5.41) is 16.9. The van der Waals surface area contributed by atoms with Gasteiger partial charge in [-0.3, -0.25) is 9.59 Å². The summed E-state index contributed by atoms with van der Waals surface area (Å²) in [4.78, 5) is 41.9. The summed E-state index contributed by atoms with van der Waals surface area (Å²) >= 11 is 0. The van der Waals surface area contributed by atoms with Gasteiger partial charge in [-0.25, -0.2) is 4.79 Å². The van der Waals surface area contributed by atoms with Crippen LogP contribution in [-0.2, 0) is 14.3 Å². The molecule has 1 aromatic carbocycles. The molecule has 5 N–H and O–H groups in total. The molecule has 0 aromatic heterocycles. The number of allylic oxidation sites excluding steroid dienone is 4. The molecule has 9 nitrogen and oxygen atoms in total. The molecule has 1 aromatic rings. The Morgan fingerprint density at radius 2 is 1.93 bits per heavy atom. The first kappa shape index (κ1) is 30.9. The lowest BCUT2D eigenvalue weighted by Crippen LogP contribution is -2.51. The Labute approximate surface area is 253 Å². The zero-order valence-corrected chi connectivity index (χ0v) is 25.3. The number of hydrogen-bond donors (Lipinski definition) is 4. The van der Waals surface area contributed by atoms with Crippen molar-refractivity contribution in [1.29, 1.82) is 0 Å². The summed E-state index contributed by atoms with van der Waals surface area (Å²) in [6.07, 6.45) is 11.3. The van der Waals surface area contributed by atoms with E-state index in [4.69, 9.17) is 15.2 Å². The van der Waals surface area contributed by atoms with E-state index in [1.807, 2.05) is 19.9 Å². The number of dihydropyridines is 1. The number of ether oxygens (including phenoxy) is 2. The minimum atomic E-state index is -2.07. The number of aliphatic hydroxyl groups is 1. The largest absolute Gasteiger partial charge is 0.463 e. The van der Waals surface area contributed by atoms with Crippen LogP contribution in [0.3, 0.4) is 0 Å². The van der Waals surface area contributed by atoms with Crippen LogP contribution in [0.5, 0.6) is 0 Å². The summed E-state index contributed by atoms with van der Waals surface area (Å²) in [6.45, 7) is 7.24. The average molecular weight is 590 g/mol. The normalized spacial score (nSPS) is 29.9. The second-order valence-corrected chi connectivity index (χ2v) is 12.0. The van der Waals surface area contributed by atoms with Crippen molar-refractivity contribution in [3.05, 3.63) is 82.2 Å². The number of esters is 1. The van der Waals surface area contributed by atoms with Crippen molar-refractivity contribution in [3.63, 3.8) is 0 Å². The minimum Gasteiger partial charge on any atom is -0.463 e. The predicted molar refractivity (Wildman–Crippen MR) is 163 cm³/mol. The van der Waals surface area contributed by atoms with Crippen LogP contribution < -0.4 is 16.4 Å². The van der Waals surface area contributed by atoms with Gasteiger partial charge in [-0.1, -0.05) is 61.9 Å². The SMILES string of the molecule is CCNC1C=CC(CC)CC1COC(=O)C12OC1(CC(CO)=C(C)CCC1=CCNC(N)=C1)C(=O)c1ccccc1C2=O. The molecule has 0 spiro atoms. The number of ketones is 2. The van der Waals surface area contributed by atoms with E-state index in [1.54, 1.807) is 24.3 Å². The van der Waals surface area contributed by atoms with Gasteiger partial charge in [0.1, 0.15) is 0 Å². The maximum Gasteiger partial charge on any atom is 0.350 e. The van der Waals surface area contributed by atoms with E-state index >= 15 is 0 Å². The summed E-state index contributed by atoms with van der Waals surface area (Å²) in [5.41, 5.74) is 4.96. The van der Waals surface area contributed by atoms with Crippen LogP contribution in [0.15, 0.2) is 71.1 Å². The first-order valence-corrected chi connectivity index (χ1v) is 15.4. The number of benzene rings is 1. The van der Waals surface area contributed by atoms with Crippen LogP contribution in [0.4, 0.5) is 0 Å². The smallest absolute Gasteiger partial charge is 0.350 e. The molecule has 0 saturated carbocycles. The number of nitrogens with two attached hydrogens (primary N) is 1. The lowest BCUT2D eigenvalue weighted by Gasteiger charge is -2.32. The predicted octanol–water partition coefficient (Wildman–Crippen LogP) is 3.51. The fourth-order valence-electron chi connectivity index (χ4n) is 6.71. The molecule has 5 rings (SSSR count). The van der Waals surface area contributed by atoms with Crippen molar-refractivity contribution in [1.82, 2.24) is 10.6 Å². The molecule has 5 unspecified atom stereocenters. The van der Waals surface area contributed by atoms with Gasteiger partial charge >= 0.3 is 5.97 Å². The van der Waals surface area contributed by atoms with Crippen LogP contribution in [0, 0.1) is 11.8 Å². The number of fused-ring (bicyclic) bond motifs is 2. The summed E-state index contributed by atoms with van der Waals surface area (Å²) in [5.74, 6) is -0.841. The highest BCUT2D eigenvalue weighted by Gasteiger charge is 2.85. The highest BCUT2D eigenvalue weighted by atomic mass is 16.7. The Morgan fingerprint density at radius 3 is 2.60 bits per heavy atom. The number of nitrogens with one attached hydrogen (secondary N) is 2. The zero-order valence-electron chi connectivity index (χ0n) is 25.3. The van der Waals surface area contributed by atoms with Gasteiger partial charge < -0.3 is 30.9 Å². The highest BCUT2D eigenvalue weighted by molar-refractivity contribution is 6.32. The van der Waals surface area contributed by atoms with Crippen LogP contribution >= 0.6 is 0 Å². The number of likely N-dealkylation sites (N-methyl/N-ethyl adjacent to an activating group) is 1. The molecule has 1 saturated heterocycles. The maximum absolute atomic E-state index is 14.0. The van der Waals surface area contributed by atoms with Gasteiger partial charge in [0, 0.05) is 36.1 Å². The first-order valence-electron chi connectivity index (χ1n) is 15.4. The van der Waals surface area contributed by atoms with Crippen molar-refractivity contribution in [2.75, 3.05) is 26.3 Å². The second kappa shape index (κ2) is 12.6. The van der Waals surface area contributed by atoms with E-state index in [0.717, 1.165) is 30.5 Å². The lowest BCUT2D eigenvalue weighted by molar-refractivity contribution is -0.149. The zero-order chi connectivity index (χ0) is 30.8. The number of carbonyl (C=O) groups excluding carboxylic acids is 3. The molecule has 1 fully saturated rings. The second-order valence-electron chi connectivity index (χ2n) is 12.0. The third-order valence-electron chi connectivity index (χ3n) is 9.40. The van der Waals surface area contributed by atoms with Crippen molar-refractivity contribution in [3.8, 4) is 0 Å². The quantitative estimate of drug-likeness (QED) is 0.125. The number of epoxide rings is 1. The lowest BCUT2D eigenvalue weighted by atomic mass is 9.71. The number of aliphatic hydroxyl groups excluding tert-OH is 1. The van der Waals surface area contributed by atoms with Crippen LogP contribution in [-0.4, -0.2) is 66.2 Å². The van der Waals surface area contributed by atoms with Crippen molar-refractivity contribution < 1.29 is 29.0 Å². The molecule has 4 aliphatic rings. The molecule has 43 heavy (non-hydrogen) atoms. The van der Waals surface area contributed by atoms with E-state index in [2.05, 4.69) is 35.8 Å². The molecule has 2 heterocycles. The van der Waals surface area contributed by atoms with E-state index in [0.29, 0.717) is 36.7 Å². The fraction of sp³-hybridized carbons (Fsp3) is 0.500. The Hall–Kier alpha value is -3.53. The monoisotopic (exact) mass is 589 g/mol. The Bertz CT molecular complexity index is 1410. The summed E-state index contributed by atoms with van der Waals surface area (Å²) in [6, 6.07) is 6.53. The molecule has 0 bridgehead atoms. The van der Waals surface area contributed by atoms with Gasteiger partial charge in [0.2, 0.25) is 5.78 Å². The number of rotatable bonds is 12. The van der Waals surface area contributed by atoms with E-state index in [9.17, 15) is 19.5 Å². The van der Waals surface area contributed by atoms with E-state index in [1.165, 1.54) is 0 Å². The number of Topliss-reactive ketones (excluding diaryl/α,β-unsaturated/α-hetero) is 2. The molecule has 5 atom stereocenters. The van der Waals surface area contributed by atoms with Crippen LogP contribution in [0.1, 0.15) is 73.6 Å². The third-order valence-corrected chi connectivity index (χ3v) is 9.40. The molecular weight excluding hydrogens is 546 g/mol.